The molecule has 0 radical (unpaired) electrons. The number of aromatic nitrogens is 5. The summed E-state index contributed by atoms with van der Waals surface area (Å²) in [6.07, 6.45) is 1.85. The third-order valence-electron chi connectivity index (χ3n) is 9.44. The monoisotopic (exact) mass is 625 g/mol. The van der Waals surface area contributed by atoms with Crippen LogP contribution in [0.2, 0.25) is 0 Å². The van der Waals surface area contributed by atoms with Crippen LogP contribution in [-0.4, -0.2) is 24.5 Å². The van der Waals surface area contributed by atoms with Gasteiger partial charge in [-0.1, -0.05) is 121 Å². The van der Waals surface area contributed by atoms with E-state index in [0.717, 1.165) is 49.7 Å². The molecule has 5 heteroatoms. The summed E-state index contributed by atoms with van der Waals surface area (Å²) in [5.74, 6) is 1.81. The molecule has 0 unspecified atom stereocenters. The Hall–Kier alpha value is -6.72. The Morgan fingerprint density at radius 2 is 1.02 bits per heavy atom. The molecule has 0 fully saturated rings. The average molecular weight is 626 g/mol. The van der Waals surface area contributed by atoms with E-state index < -0.39 is 0 Å². The molecule has 5 nitrogen and oxygen atoms in total. The molecule has 0 aliphatic heterocycles. The molecule has 0 aliphatic rings. The van der Waals surface area contributed by atoms with Gasteiger partial charge in [0.25, 0.3) is 0 Å². The molecule has 10 aromatic rings. The number of para-hydroxylation sites is 2. The molecule has 0 amide bonds. The van der Waals surface area contributed by atoms with E-state index in [0.29, 0.717) is 17.5 Å². The van der Waals surface area contributed by atoms with Gasteiger partial charge in [-0.2, -0.15) is 0 Å². The van der Waals surface area contributed by atoms with Gasteiger partial charge in [0.05, 0.1) is 16.6 Å². The Bertz CT molecular complexity index is 2840. The summed E-state index contributed by atoms with van der Waals surface area (Å²) < 4.78 is 2.32. The number of hydrogen-bond donors (Lipinski definition) is 0. The third-order valence-corrected chi connectivity index (χ3v) is 9.44. The average Bonchev–Trinajstić information content (AvgIpc) is 3.52. The number of pyridine rings is 1. The largest absolute Gasteiger partial charge is 0.309 e. The highest BCUT2D eigenvalue weighted by atomic mass is 15.0. The van der Waals surface area contributed by atoms with Crippen molar-refractivity contribution < 1.29 is 0 Å². The van der Waals surface area contributed by atoms with Gasteiger partial charge in [-0.25, -0.2) is 15.0 Å². The van der Waals surface area contributed by atoms with Gasteiger partial charge in [0.1, 0.15) is 0 Å². The van der Waals surface area contributed by atoms with E-state index in [-0.39, 0.29) is 0 Å². The Labute approximate surface area is 281 Å². The second-order valence-electron chi connectivity index (χ2n) is 12.3. The predicted molar refractivity (Wildman–Crippen MR) is 201 cm³/mol. The van der Waals surface area contributed by atoms with Gasteiger partial charge in [0.2, 0.25) is 0 Å². The molecular weight excluding hydrogens is 599 g/mol. The molecule has 0 aliphatic carbocycles. The summed E-state index contributed by atoms with van der Waals surface area (Å²) in [6.45, 7) is 0. The van der Waals surface area contributed by atoms with Crippen LogP contribution in [0.4, 0.5) is 0 Å². The van der Waals surface area contributed by atoms with Crippen molar-refractivity contribution in [2.45, 2.75) is 0 Å². The molecule has 0 spiro atoms. The minimum absolute atomic E-state index is 0.588. The lowest BCUT2D eigenvalue weighted by Gasteiger charge is -2.14. The van der Waals surface area contributed by atoms with Gasteiger partial charge in [-0.05, 0) is 57.9 Å². The molecule has 3 heterocycles. The lowest BCUT2D eigenvalue weighted by Crippen LogP contribution is -2.02. The van der Waals surface area contributed by atoms with E-state index in [2.05, 4.69) is 126 Å². The van der Waals surface area contributed by atoms with E-state index in [1.807, 2.05) is 42.6 Å². The van der Waals surface area contributed by atoms with Gasteiger partial charge >= 0.3 is 0 Å². The second kappa shape index (κ2) is 10.9. The van der Waals surface area contributed by atoms with Crippen molar-refractivity contribution in [2.24, 2.45) is 0 Å². The van der Waals surface area contributed by atoms with Crippen molar-refractivity contribution in [2.75, 3.05) is 0 Å². The maximum Gasteiger partial charge on any atom is 0.166 e. The van der Waals surface area contributed by atoms with Crippen molar-refractivity contribution in [3.05, 3.63) is 164 Å². The first-order valence-corrected chi connectivity index (χ1v) is 16.4. The fourth-order valence-electron chi connectivity index (χ4n) is 7.25. The minimum Gasteiger partial charge on any atom is -0.309 e. The number of rotatable bonds is 4. The maximum absolute atomic E-state index is 5.19. The van der Waals surface area contributed by atoms with Gasteiger partial charge in [-0.15, -0.1) is 0 Å². The summed E-state index contributed by atoms with van der Waals surface area (Å²) in [5, 5.41) is 8.22. The smallest absolute Gasteiger partial charge is 0.166 e. The quantitative estimate of drug-likeness (QED) is 0.183. The highest BCUT2D eigenvalue weighted by Crippen LogP contribution is 2.38. The van der Waals surface area contributed by atoms with Gasteiger partial charge in [0.15, 0.2) is 17.5 Å². The number of fused-ring (bicyclic) bond motifs is 8. The zero-order valence-electron chi connectivity index (χ0n) is 26.3. The Morgan fingerprint density at radius 1 is 0.408 bits per heavy atom. The van der Waals surface area contributed by atoms with Crippen LogP contribution >= 0.6 is 0 Å². The van der Waals surface area contributed by atoms with E-state index in [1.54, 1.807) is 0 Å². The van der Waals surface area contributed by atoms with Crippen LogP contribution in [0.3, 0.4) is 0 Å². The maximum atomic E-state index is 5.19. The van der Waals surface area contributed by atoms with Crippen molar-refractivity contribution in [1.29, 1.82) is 0 Å². The van der Waals surface area contributed by atoms with E-state index in [4.69, 9.17) is 19.9 Å². The Kier molecular flexibility index (Phi) is 6.11. The van der Waals surface area contributed by atoms with Gasteiger partial charge in [0, 0.05) is 44.7 Å². The topological polar surface area (TPSA) is 56.5 Å². The van der Waals surface area contributed by atoms with Gasteiger partial charge in [-0.3, -0.25) is 4.98 Å². The SMILES string of the molecule is c1ccc(-c2nc(-c3cccc(-n4c5ccccc5c5ccccc54)c3)nc(-c3cc4ccc5ccccc5c4c4cccnc34)n2)cc1. The van der Waals surface area contributed by atoms with Gasteiger partial charge < -0.3 is 4.57 Å². The van der Waals surface area contributed by atoms with Crippen molar-refractivity contribution in [3.63, 3.8) is 0 Å². The van der Waals surface area contributed by atoms with E-state index in [1.165, 1.54) is 26.9 Å². The van der Waals surface area contributed by atoms with Crippen LogP contribution in [0.15, 0.2) is 164 Å². The second-order valence-corrected chi connectivity index (χ2v) is 12.3. The first-order valence-electron chi connectivity index (χ1n) is 16.4. The first kappa shape index (κ1) is 27.4. The standard InChI is InChI=1S/C44H27N5/c1-2-13-29(14-3-1)42-46-43(31-15-10-16-32(26-31)49-38-21-8-6-18-34(38)35-19-7-9-22-39(35)49)48-44(47-42)37-27-30-24-23-28-12-4-5-17-33(28)40(30)36-20-11-25-45-41(36)37/h1-27H. The zero-order valence-corrected chi connectivity index (χ0v) is 26.3. The van der Waals surface area contributed by atoms with Crippen molar-refractivity contribution >= 4 is 54.3 Å². The molecule has 0 saturated carbocycles. The predicted octanol–water partition coefficient (Wildman–Crippen LogP) is 10.8. The van der Waals surface area contributed by atoms with Crippen LogP contribution in [0.5, 0.6) is 0 Å². The highest BCUT2D eigenvalue weighted by molar-refractivity contribution is 6.22. The fourth-order valence-corrected chi connectivity index (χ4v) is 7.25. The summed E-state index contributed by atoms with van der Waals surface area (Å²) in [6, 6.07) is 54.9. The van der Waals surface area contributed by atoms with Crippen molar-refractivity contribution in [1.82, 2.24) is 24.5 Å². The number of benzene rings is 7. The zero-order chi connectivity index (χ0) is 32.3. The van der Waals surface area contributed by atoms with Crippen LogP contribution in [0.1, 0.15) is 0 Å². The molecule has 3 aromatic heterocycles. The molecule has 10 rings (SSSR count). The summed E-state index contributed by atoms with van der Waals surface area (Å²) in [5.41, 5.74) is 6.92. The summed E-state index contributed by atoms with van der Waals surface area (Å²) >= 11 is 0. The molecule has 0 saturated heterocycles. The van der Waals surface area contributed by atoms with Crippen LogP contribution in [0.25, 0.3) is 94.1 Å². The van der Waals surface area contributed by atoms with Crippen LogP contribution in [0, 0.1) is 0 Å². The molecule has 0 atom stereocenters. The summed E-state index contributed by atoms with van der Waals surface area (Å²) in [7, 11) is 0. The number of hydrogen-bond acceptors (Lipinski definition) is 4. The minimum atomic E-state index is 0.588. The van der Waals surface area contributed by atoms with E-state index in [9.17, 15) is 0 Å². The number of nitrogens with zero attached hydrogens (tertiary/aromatic N) is 5. The fraction of sp³-hybridized carbons (Fsp3) is 0. The van der Waals surface area contributed by atoms with Crippen LogP contribution < -0.4 is 0 Å². The van der Waals surface area contributed by atoms with Crippen molar-refractivity contribution in [3.8, 4) is 39.9 Å². The molecule has 0 N–H and O–H groups in total. The third kappa shape index (κ3) is 4.40. The first-order chi connectivity index (χ1) is 24.3. The Morgan fingerprint density at radius 3 is 1.82 bits per heavy atom. The lowest BCUT2D eigenvalue weighted by molar-refractivity contribution is 1.07. The summed E-state index contributed by atoms with van der Waals surface area (Å²) in [4.78, 5) is 20.3. The molecule has 228 valence electrons. The highest BCUT2D eigenvalue weighted by Gasteiger charge is 2.19. The normalized spacial score (nSPS) is 11.7. The van der Waals surface area contributed by atoms with Crippen LogP contribution in [-0.2, 0) is 0 Å². The van der Waals surface area contributed by atoms with E-state index >= 15 is 0 Å². The molecule has 7 aromatic carbocycles. The lowest BCUT2D eigenvalue weighted by atomic mass is 9.95. The molecular formula is C44H27N5. The molecule has 49 heavy (non-hydrogen) atoms. The molecule has 0 bridgehead atoms. The Balaban J connectivity index is 1.22.